The lowest BCUT2D eigenvalue weighted by Gasteiger charge is -2.12. The van der Waals surface area contributed by atoms with E-state index in [0.717, 1.165) is 4.90 Å². The highest BCUT2D eigenvalue weighted by atomic mass is 35.5. The predicted octanol–water partition coefficient (Wildman–Crippen LogP) is 7.27. The van der Waals surface area contributed by atoms with Gasteiger partial charge in [0.05, 0.1) is 10.8 Å². The largest absolute Gasteiger partial charge is 0.325 e. The predicted molar refractivity (Wildman–Crippen MR) is 159 cm³/mol. The lowest BCUT2D eigenvalue weighted by atomic mass is 10.1. The molecule has 0 atom stereocenters. The fourth-order valence-corrected chi connectivity index (χ4v) is 4.62. The van der Waals surface area contributed by atoms with E-state index in [1.807, 2.05) is 0 Å². The van der Waals surface area contributed by atoms with Gasteiger partial charge in [-0.25, -0.2) is 4.39 Å². The molecule has 0 heterocycles. The summed E-state index contributed by atoms with van der Waals surface area (Å²) >= 11 is 13.1. The third kappa shape index (κ3) is 8.44. The maximum absolute atomic E-state index is 13.3. The number of carbonyl (C=O) groups is 3. The molecule has 4 aromatic rings. The molecule has 0 aliphatic heterocycles. The van der Waals surface area contributed by atoms with Crippen molar-refractivity contribution in [2.24, 2.45) is 0 Å². The summed E-state index contributed by atoms with van der Waals surface area (Å²) in [5.74, 6) is -1.80. The van der Waals surface area contributed by atoms with Crippen LogP contribution in [0.15, 0.2) is 108 Å². The SMILES string of the molecule is O=C(CSc1cccc(NC(=O)/C(=C/c2cccc(Cl)c2)NC(=O)c2ccccc2)c1)Nc1ccc(F)c(Cl)c1. The number of anilines is 2. The molecule has 202 valence electrons. The van der Waals surface area contributed by atoms with Crippen LogP contribution in [0.3, 0.4) is 0 Å². The number of hydrogen-bond acceptors (Lipinski definition) is 4. The summed E-state index contributed by atoms with van der Waals surface area (Å²) in [6, 6.07) is 26.3. The van der Waals surface area contributed by atoms with Crippen LogP contribution in [0.4, 0.5) is 15.8 Å². The average molecular weight is 594 g/mol. The van der Waals surface area contributed by atoms with Gasteiger partial charge in [-0.15, -0.1) is 11.8 Å². The van der Waals surface area contributed by atoms with Crippen molar-refractivity contribution in [1.29, 1.82) is 0 Å². The zero-order valence-corrected chi connectivity index (χ0v) is 23.1. The molecule has 0 bridgehead atoms. The lowest BCUT2D eigenvalue weighted by Crippen LogP contribution is -2.30. The summed E-state index contributed by atoms with van der Waals surface area (Å²) in [6.45, 7) is 0. The molecule has 40 heavy (non-hydrogen) atoms. The summed E-state index contributed by atoms with van der Waals surface area (Å²) in [6.07, 6.45) is 1.53. The first-order valence-corrected chi connectivity index (χ1v) is 13.6. The van der Waals surface area contributed by atoms with Crippen LogP contribution < -0.4 is 16.0 Å². The van der Waals surface area contributed by atoms with Crippen molar-refractivity contribution in [1.82, 2.24) is 5.32 Å². The smallest absolute Gasteiger partial charge is 0.272 e. The molecule has 0 radical (unpaired) electrons. The van der Waals surface area contributed by atoms with Crippen molar-refractivity contribution >= 4 is 70.1 Å². The molecule has 0 fully saturated rings. The summed E-state index contributed by atoms with van der Waals surface area (Å²) in [5, 5.41) is 8.54. The van der Waals surface area contributed by atoms with Crippen molar-refractivity contribution in [2.75, 3.05) is 16.4 Å². The Hall–Kier alpha value is -4.11. The van der Waals surface area contributed by atoms with Gasteiger partial charge >= 0.3 is 0 Å². The first-order valence-electron chi connectivity index (χ1n) is 11.9. The number of carbonyl (C=O) groups excluding carboxylic acids is 3. The van der Waals surface area contributed by atoms with Crippen molar-refractivity contribution in [3.05, 3.63) is 130 Å². The van der Waals surface area contributed by atoms with Crippen LogP contribution in [0.5, 0.6) is 0 Å². The molecule has 3 amide bonds. The Bertz CT molecular complexity index is 1580. The zero-order chi connectivity index (χ0) is 28.5. The van der Waals surface area contributed by atoms with Crippen LogP contribution in [0, 0.1) is 5.82 Å². The first kappa shape index (κ1) is 28.9. The summed E-state index contributed by atoms with van der Waals surface area (Å²) in [5.41, 5.74) is 1.89. The number of halogens is 3. The van der Waals surface area contributed by atoms with Crippen LogP contribution in [-0.2, 0) is 9.59 Å². The quantitative estimate of drug-likeness (QED) is 0.141. The summed E-state index contributed by atoms with van der Waals surface area (Å²) in [7, 11) is 0. The van der Waals surface area contributed by atoms with Gasteiger partial charge in [-0.1, -0.05) is 59.6 Å². The maximum atomic E-state index is 13.3. The molecule has 4 aromatic carbocycles. The normalized spacial score (nSPS) is 11.0. The highest BCUT2D eigenvalue weighted by Gasteiger charge is 2.16. The third-order valence-electron chi connectivity index (χ3n) is 5.35. The lowest BCUT2D eigenvalue weighted by molar-refractivity contribution is -0.114. The minimum atomic E-state index is -0.571. The Morgan fingerprint density at radius 3 is 2.30 bits per heavy atom. The van der Waals surface area contributed by atoms with Crippen molar-refractivity contribution < 1.29 is 18.8 Å². The minimum Gasteiger partial charge on any atom is -0.325 e. The topological polar surface area (TPSA) is 87.3 Å². The van der Waals surface area contributed by atoms with Crippen molar-refractivity contribution in [3.63, 3.8) is 0 Å². The van der Waals surface area contributed by atoms with E-state index in [1.54, 1.807) is 78.9 Å². The van der Waals surface area contributed by atoms with Crippen LogP contribution in [0.2, 0.25) is 10.0 Å². The molecule has 0 unspecified atom stereocenters. The third-order valence-corrected chi connectivity index (χ3v) is 6.87. The molecule has 6 nitrogen and oxygen atoms in total. The molecular weight excluding hydrogens is 572 g/mol. The number of benzene rings is 4. The number of nitrogens with one attached hydrogen (secondary N) is 3. The molecule has 0 spiro atoms. The molecule has 0 aliphatic rings. The van der Waals surface area contributed by atoms with Gasteiger partial charge in [-0.3, -0.25) is 14.4 Å². The van der Waals surface area contributed by atoms with Gasteiger partial charge in [0, 0.05) is 26.9 Å². The van der Waals surface area contributed by atoms with E-state index in [-0.39, 0.29) is 22.4 Å². The van der Waals surface area contributed by atoms with Crippen molar-refractivity contribution in [2.45, 2.75) is 4.90 Å². The molecule has 0 aliphatic carbocycles. The standard InChI is InChI=1S/C30H22Cl2FN3O3S/c31-21-9-4-6-19(14-21)15-27(36-29(38)20-7-2-1-3-8-20)30(39)35-22-10-5-11-24(16-22)40-18-28(37)34-23-12-13-26(33)25(32)17-23/h1-17H,18H2,(H,34,37)(H,35,39)(H,36,38)/b27-15-. The average Bonchev–Trinajstić information content (AvgIpc) is 2.94. The molecule has 0 aromatic heterocycles. The van der Waals surface area contributed by atoms with E-state index in [9.17, 15) is 18.8 Å². The highest BCUT2D eigenvalue weighted by molar-refractivity contribution is 8.00. The van der Waals surface area contributed by atoms with Crippen LogP contribution in [0.1, 0.15) is 15.9 Å². The van der Waals surface area contributed by atoms with E-state index in [4.69, 9.17) is 23.2 Å². The van der Waals surface area contributed by atoms with E-state index in [2.05, 4.69) is 16.0 Å². The Morgan fingerprint density at radius 1 is 0.800 bits per heavy atom. The van der Waals surface area contributed by atoms with Gasteiger partial charge in [0.15, 0.2) is 0 Å². The van der Waals surface area contributed by atoms with Crippen LogP contribution in [-0.4, -0.2) is 23.5 Å². The second kappa shape index (κ2) is 13.8. The molecular formula is C30H22Cl2FN3O3S. The molecule has 0 saturated carbocycles. The number of hydrogen-bond donors (Lipinski definition) is 3. The van der Waals surface area contributed by atoms with Gasteiger partial charge < -0.3 is 16.0 Å². The van der Waals surface area contributed by atoms with E-state index < -0.39 is 17.6 Å². The van der Waals surface area contributed by atoms with Crippen LogP contribution in [0.25, 0.3) is 6.08 Å². The fourth-order valence-electron chi connectivity index (χ4n) is 3.49. The van der Waals surface area contributed by atoms with E-state index in [0.29, 0.717) is 27.5 Å². The Morgan fingerprint density at radius 2 is 1.55 bits per heavy atom. The second-order valence-electron chi connectivity index (χ2n) is 8.38. The maximum Gasteiger partial charge on any atom is 0.272 e. The van der Waals surface area contributed by atoms with Gasteiger partial charge in [0.25, 0.3) is 11.8 Å². The van der Waals surface area contributed by atoms with Gasteiger partial charge in [-0.2, -0.15) is 0 Å². The Labute approximate surface area is 244 Å². The van der Waals surface area contributed by atoms with Gasteiger partial charge in [-0.05, 0) is 72.3 Å². The molecule has 10 heteroatoms. The molecule has 3 N–H and O–H groups in total. The fraction of sp³-hybridized carbons (Fsp3) is 0.0333. The Kier molecular flexibility index (Phi) is 9.96. The van der Waals surface area contributed by atoms with E-state index in [1.165, 1.54) is 36.0 Å². The first-order chi connectivity index (χ1) is 19.3. The van der Waals surface area contributed by atoms with Gasteiger partial charge in [0.2, 0.25) is 5.91 Å². The number of amides is 3. The van der Waals surface area contributed by atoms with Crippen molar-refractivity contribution in [3.8, 4) is 0 Å². The summed E-state index contributed by atoms with van der Waals surface area (Å²) < 4.78 is 13.3. The van der Waals surface area contributed by atoms with E-state index >= 15 is 0 Å². The monoisotopic (exact) mass is 593 g/mol. The zero-order valence-electron chi connectivity index (χ0n) is 20.8. The minimum absolute atomic E-state index is 0.0199. The molecule has 0 saturated heterocycles. The number of rotatable bonds is 9. The Balaban J connectivity index is 1.44. The summed E-state index contributed by atoms with van der Waals surface area (Å²) in [4.78, 5) is 39.2. The van der Waals surface area contributed by atoms with Gasteiger partial charge in [0.1, 0.15) is 11.5 Å². The highest BCUT2D eigenvalue weighted by Crippen LogP contribution is 2.24. The number of thioether (sulfide) groups is 1. The molecule has 4 rings (SSSR count). The second-order valence-corrected chi connectivity index (χ2v) is 10.3. The van der Waals surface area contributed by atoms with Crippen LogP contribution >= 0.6 is 35.0 Å².